The van der Waals surface area contributed by atoms with Gasteiger partial charge in [-0.25, -0.2) is 9.48 Å². The number of tetrazole rings is 1. The Hall–Kier alpha value is -4.21. The molecule has 1 amide bonds. The van der Waals surface area contributed by atoms with Crippen LogP contribution in [0.1, 0.15) is 25.8 Å². The van der Waals surface area contributed by atoms with Gasteiger partial charge in [0.25, 0.3) is 5.56 Å². The fourth-order valence-corrected chi connectivity index (χ4v) is 3.67. The molecular formula is C23H25N7O3. The van der Waals surface area contributed by atoms with Crippen LogP contribution in [0.4, 0.5) is 10.6 Å². The first-order chi connectivity index (χ1) is 16.1. The summed E-state index contributed by atoms with van der Waals surface area (Å²) in [6, 6.07) is 17.3. The number of nitrogens with zero attached hydrogens (tertiary/aromatic N) is 5. The predicted octanol–water partition coefficient (Wildman–Crippen LogP) is 3.52. The van der Waals surface area contributed by atoms with Crippen LogP contribution in [0.3, 0.4) is 0 Å². The lowest BCUT2D eigenvalue weighted by molar-refractivity contribution is 0.167. The van der Waals surface area contributed by atoms with Crippen molar-refractivity contribution in [1.82, 2.24) is 30.0 Å². The van der Waals surface area contributed by atoms with Crippen LogP contribution in [0, 0.1) is 0 Å². The highest BCUT2D eigenvalue weighted by molar-refractivity contribution is 5.83. The lowest BCUT2D eigenvalue weighted by Gasteiger charge is -2.15. The summed E-state index contributed by atoms with van der Waals surface area (Å²) in [6.07, 6.45) is 0.197. The molecule has 0 atom stereocenters. The number of carbonyl (C=O) groups excluding carboxylic acids is 1. The molecule has 0 aliphatic rings. The zero-order valence-corrected chi connectivity index (χ0v) is 18.5. The number of ether oxygens (including phenoxy) is 1. The second-order valence-corrected chi connectivity index (χ2v) is 7.37. The van der Waals surface area contributed by atoms with Crippen molar-refractivity contribution in [3.63, 3.8) is 0 Å². The summed E-state index contributed by atoms with van der Waals surface area (Å²) in [6.45, 7) is 4.93. The lowest BCUT2D eigenvalue weighted by atomic mass is 9.98. The summed E-state index contributed by atoms with van der Waals surface area (Å²) in [5.41, 5.74) is 3.67. The summed E-state index contributed by atoms with van der Waals surface area (Å²) < 4.78 is 8.37. The number of H-pyrrole nitrogens is 1. The molecule has 33 heavy (non-hydrogen) atoms. The minimum atomic E-state index is -0.590. The molecule has 0 spiro atoms. The Morgan fingerprint density at radius 1 is 1.06 bits per heavy atom. The Morgan fingerprint density at radius 3 is 2.48 bits per heavy atom. The van der Waals surface area contributed by atoms with E-state index in [1.165, 1.54) is 6.07 Å². The molecule has 2 N–H and O–H groups in total. The Kier molecular flexibility index (Phi) is 6.63. The van der Waals surface area contributed by atoms with Crippen molar-refractivity contribution in [2.45, 2.75) is 33.4 Å². The van der Waals surface area contributed by atoms with Crippen molar-refractivity contribution in [1.29, 1.82) is 0 Å². The number of carbonyl (C=O) groups is 1. The smallest absolute Gasteiger partial charge is 0.412 e. The topological polar surface area (TPSA) is 120 Å². The highest BCUT2D eigenvalue weighted by Crippen LogP contribution is 2.29. The quantitative estimate of drug-likeness (QED) is 0.426. The summed E-state index contributed by atoms with van der Waals surface area (Å²) in [4.78, 5) is 24.5. The van der Waals surface area contributed by atoms with Gasteiger partial charge >= 0.3 is 6.09 Å². The van der Waals surface area contributed by atoms with Gasteiger partial charge < -0.3 is 4.74 Å². The van der Waals surface area contributed by atoms with E-state index < -0.39 is 6.09 Å². The molecule has 10 nitrogen and oxygen atoms in total. The molecule has 2 aromatic carbocycles. The van der Waals surface area contributed by atoms with Gasteiger partial charge in [0.15, 0.2) is 0 Å². The molecule has 0 saturated heterocycles. The van der Waals surface area contributed by atoms with Crippen molar-refractivity contribution >= 4 is 11.9 Å². The van der Waals surface area contributed by atoms with Crippen molar-refractivity contribution in [3.8, 4) is 22.5 Å². The Balaban J connectivity index is 1.63. The maximum atomic E-state index is 12.5. The van der Waals surface area contributed by atoms with Crippen LogP contribution in [0.2, 0.25) is 0 Å². The van der Waals surface area contributed by atoms with Crippen molar-refractivity contribution in [2.75, 3.05) is 11.9 Å². The van der Waals surface area contributed by atoms with Gasteiger partial charge in [0.05, 0.1) is 13.2 Å². The van der Waals surface area contributed by atoms with Crippen molar-refractivity contribution < 1.29 is 9.53 Å². The molecule has 0 aliphatic carbocycles. The van der Waals surface area contributed by atoms with Crippen LogP contribution in [-0.2, 0) is 17.8 Å². The molecule has 0 saturated carbocycles. The number of benzene rings is 2. The van der Waals surface area contributed by atoms with Gasteiger partial charge in [-0.2, -0.15) is 5.21 Å². The maximum Gasteiger partial charge on any atom is 0.412 e. The molecule has 0 unspecified atom stereocenters. The largest absolute Gasteiger partial charge is 0.450 e. The fourth-order valence-electron chi connectivity index (χ4n) is 3.67. The number of aromatic nitrogens is 6. The minimum absolute atomic E-state index is 0.172. The third-order valence-corrected chi connectivity index (χ3v) is 5.14. The Morgan fingerprint density at radius 2 is 1.82 bits per heavy atom. The van der Waals surface area contributed by atoms with E-state index in [-0.39, 0.29) is 12.2 Å². The maximum absolute atomic E-state index is 12.5. The van der Waals surface area contributed by atoms with E-state index in [9.17, 15) is 9.59 Å². The second kappa shape index (κ2) is 9.94. The highest BCUT2D eigenvalue weighted by atomic mass is 16.5. The molecule has 0 radical (unpaired) electrons. The number of hydrogen-bond acceptors (Lipinski definition) is 6. The number of amides is 1. The van der Waals surface area contributed by atoms with Gasteiger partial charge in [-0.05, 0) is 35.2 Å². The van der Waals surface area contributed by atoms with E-state index in [4.69, 9.17) is 4.74 Å². The average molecular weight is 447 g/mol. The fraction of sp³-hybridized carbons (Fsp3) is 0.261. The van der Waals surface area contributed by atoms with Crippen LogP contribution >= 0.6 is 0 Å². The van der Waals surface area contributed by atoms with Gasteiger partial charge in [0.2, 0.25) is 5.82 Å². The van der Waals surface area contributed by atoms with Gasteiger partial charge in [0, 0.05) is 18.2 Å². The molecular weight excluding hydrogens is 422 g/mol. The predicted molar refractivity (Wildman–Crippen MR) is 124 cm³/mol. The van der Waals surface area contributed by atoms with E-state index in [1.54, 1.807) is 16.3 Å². The monoisotopic (exact) mass is 447 g/mol. The van der Waals surface area contributed by atoms with Gasteiger partial charge in [-0.3, -0.25) is 14.8 Å². The standard InChI is InChI=1S/C23H25N7O3/c1-3-13-29-21(31)14-20(24-23(32)33-4-2)30(29)15-16-9-11-17(12-10-16)18-7-5-6-8-19(18)22-25-27-28-26-22/h5-12,14H,3-4,13,15H2,1-2H3,(H,24,32)(H,25,26,27,28). The SMILES string of the molecule is CCCn1c(=O)cc(NC(=O)OCC)n1Cc1ccc(-c2ccccc2-c2nn[nH]n2)cc1. The van der Waals surface area contributed by atoms with Crippen LogP contribution in [0.5, 0.6) is 0 Å². The molecule has 170 valence electrons. The van der Waals surface area contributed by atoms with Crippen molar-refractivity contribution in [2.24, 2.45) is 0 Å². The normalized spacial score (nSPS) is 10.8. The zero-order valence-electron chi connectivity index (χ0n) is 18.5. The highest BCUT2D eigenvalue weighted by Gasteiger charge is 2.15. The zero-order chi connectivity index (χ0) is 23.2. The number of rotatable bonds is 8. The average Bonchev–Trinajstić information content (AvgIpc) is 3.45. The molecule has 0 aliphatic heterocycles. The molecule has 10 heteroatoms. The van der Waals surface area contributed by atoms with Crippen LogP contribution < -0.4 is 10.9 Å². The third kappa shape index (κ3) is 4.84. The summed E-state index contributed by atoms with van der Waals surface area (Å²) in [5.74, 6) is 0.929. The van der Waals surface area contributed by atoms with E-state index in [1.807, 2.05) is 55.5 Å². The van der Waals surface area contributed by atoms with E-state index >= 15 is 0 Å². The van der Waals surface area contributed by atoms with Gasteiger partial charge in [-0.15, -0.1) is 10.2 Å². The Labute approximate surface area is 190 Å². The first-order valence-corrected chi connectivity index (χ1v) is 10.8. The molecule has 0 fully saturated rings. The van der Waals surface area contributed by atoms with E-state index in [0.29, 0.717) is 24.7 Å². The van der Waals surface area contributed by atoms with Crippen LogP contribution in [-0.4, -0.2) is 42.7 Å². The second-order valence-electron chi connectivity index (χ2n) is 7.37. The molecule has 4 aromatic rings. The molecule has 2 aromatic heterocycles. The van der Waals surface area contributed by atoms with Gasteiger partial charge in [-0.1, -0.05) is 55.5 Å². The van der Waals surface area contributed by atoms with E-state index in [2.05, 4.69) is 25.9 Å². The summed E-state index contributed by atoms with van der Waals surface area (Å²) >= 11 is 0. The Bertz CT molecular complexity index is 1270. The number of aromatic amines is 1. The summed E-state index contributed by atoms with van der Waals surface area (Å²) in [7, 11) is 0. The first-order valence-electron chi connectivity index (χ1n) is 10.8. The summed E-state index contributed by atoms with van der Waals surface area (Å²) in [5, 5.41) is 17.0. The van der Waals surface area contributed by atoms with Crippen LogP contribution in [0.15, 0.2) is 59.4 Å². The van der Waals surface area contributed by atoms with Gasteiger partial charge in [0.1, 0.15) is 5.82 Å². The number of nitrogens with one attached hydrogen (secondary N) is 2. The molecule has 0 bridgehead atoms. The van der Waals surface area contributed by atoms with Crippen LogP contribution in [0.25, 0.3) is 22.5 Å². The minimum Gasteiger partial charge on any atom is -0.450 e. The van der Waals surface area contributed by atoms with Crippen molar-refractivity contribution in [3.05, 3.63) is 70.5 Å². The third-order valence-electron chi connectivity index (χ3n) is 5.14. The first kappa shape index (κ1) is 22.0. The van der Waals surface area contributed by atoms with E-state index in [0.717, 1.165) is 28.7 Å². The number of hydrogen-bond donors (Lipinski definition) is 2. The molecule has 2 heterocycles. The molecule has 4 rings (SSSR count). The number of anilines is 1. The lowest BCUT2D eigenvalue weighted by Crippen LogP contribution is -2.24.